The van der Waals surface area contributed by atoms with Crippen molar-refractivity contribution in [1.29, 1.82) is 0 Å². The third kappa shape index (κ3) is 3.01. The predicted octanol–water partition coefficient (Wildman–Crippen LogP) is 3.83. The third-order valence-corrected chi connectivity index (χ3v) is 6.25. The third-order valence-electron chi connectivity index (χ3n) is 5.01. The zero-order valence-corrected chi connectivity index (χ0v) is 13.6. The number of anilines is 1. The maximum Gasteiger partial charge on any atom is 0.185 e. The lowest BCUT2D eigenvalue weighted by atomic mass is 9.75. The number of nitrogens with one attached hydrogen (secondary N) is 1. The first-order valence-corrected chi connectivity index (χ1v) is 9.03. The zero-order chi connectivity index (χ0) is 13.9. The van der Waals surface area contributed by atoms with Crippen molar-refractivity contribution in [2.75, 3.05) is 24.5 Å². The summed E-state index contributed by atoms with van der Waals surface area (Å²) in [6.45, 7) is 7.86. The summed E-state index contributed by atoms with van der Waals surface area (Å²) in [6.07, 6.45) is 9.26. The van der Waals surface area contributed by atoms with Gasteiger partial charge in [-0.1, -0.05) is 26.2 Å². The summed E-state index contributed by atoms with van der Waals surface area (Å²) in [5.41, 5.74) is 0. The molecule has 1 aromatic rings. The molecule has 3 atom stereocenters. The van der Waals surface area contributed by atoms with E-state index in [0.717, 1.165) is 18.4 Å². The Morgan fingerprint density at radius 3 is 2.95 bits per heavy atom. The molecule has 2 fully saturated rings. The van der Waals surface area contributed by atoms with Gasteiger partial charge in [-0.05, 0) is 38.1 Å². The van der Waals surface area contributed by atoms with Crippen LogP contribution in [0.3, 0.4) is 0 Å². The normalized spacial score (nSPS) is 28.2. The van der Waals surface area contributed by atoms with E-state index >= 15 is 0 Å². The van der Waals surface area contributed by atoms with Gasteiger partial charge in [0.25, 0.3) is 0 Å². The molecule has 0 amide bonds. The molecule has 1 saturated heterocycles. The van der Waals surface area contributed by atoms with Gasteiger partial charge in [0.2, 0.25) is 0 Å². The monoisotopic (exact) mass is 293 g/mol. The van der Waals surface area contributed by atoms with E-state index in [0.29, 0.717) is 6.04 Å². The van der Waals surface area contributed by atoms with E-state index in [1.807, 2.05) is 11.3 Å². The second-order valence-electron chi connectivity index (χ2n) is 6.36. The summed E-state index contributed by atoms with van der Waals surface area (Å²) >= 11 is 1.88. The van der Waals surface area contributed by atoms with Crippen molar-refractivity contribution in [3.8, 4) is 0 Å². The first kappa shape index (κ1) is 14.3. The molecule has 2 heterocycles. The van der Waals surface area contributed by atoms with Crippen LogP contribution in [0.25, 0.3) is 0 Å². The number of fused-ring (bicyclic) bond motifs is 1. The molecule has 3 rings (SSSR count). The van der Waals surface area contributed by atoms with Crippen molar-refractivity contribution in [2.45, 2.75) is 52.0 Å². The van der Waals surface area contributed by atoms with Gasteiger partial charge >= 0.3 is 0 Å². The lowest BCUT2D eigenvalue weighted by molar-refractivity contribution is 0.202. The fourth-order valence-electron chi connectivity index (χ4n) is 3.80. The topological polar surface area (TPSA) is 28.2 Å². The molecule has 3 nitrogen and oxygen atoms in total. The molecule has 0 radical (unpaired) electrons. The van der Waals surface area contributed by atoms with Gasteiger partial charge in [-0.2, -0.15) is 0 Å². The van der Waals surface area contributed by atoms with E-state index in [2.05, 4.69) is 35.2 Å². The quantitative estimate of drug-likeness (QED) is 0.914. The van der Waals surface area contributed by atoms with Crippen molar-refractivity contribution in [1.82, 2.24) is 10.3 Å². The first-order valence-electron chi connectivity index (χ1n) is 8.22. The second-order valence-corrected chi connectivity index (χ2v) is 7.40. The van der Waals surface area contributed by atoms with Crippen LogP contribution in [0.1, 0.15) is 56.9 Å². The van der Waals surface area contributed by atoms with E-state index in [1.54, 1.807) is 0 Å². The lowest BCUT2D eigenvalue weighted by Crippen LogP contribution is -2.41. The maximum absolute atomic E-state index is 4.69. The predicted molar refractivity (Wildman–Crippen MR) is 86.5 cm³/mol. The van der Waals surface area contributed by atoms with Crippen molar-refractivity contribution in [3.05, 3.63) is 11.1 Å². The smallest absolute Gasteiger partial charge is 0.185 e. The summed E-state index contributed by atoms with van der Waals surface area (Å²) in [7, 11) is 0. The molecular weight excluding hydrogens is 266 g/mol. The van der Waals surface area contributed by atoms with Crippen LogP contribution in [0.4, 0.5) is 5.13 Å². The van der Waals surface area contributed by atoms with Gasteiger partial charge in [-0.15, -0.1) is 11.3 Å². The minimum Gasteiger partial charge on any atom is -0.348 e. The SMILES string of the molecule is CCNC(C)c1cnc(N2CCC3CCCCC3C2)s1. The second kappa shape index (κ2) is 6.44. The number of piperidine rings is 1. The number of nitrogens with zero attached hydrogens (tertiary/aromatic N) is 2. The Balaban J connectivity index is 1.64. The van der Waals surface area contributed by atoms with Gasteiger partial charge in [0.1, 0.15) is 0 Å². The Morgan fingerprint density at radius 1 is 1.35 bits per heavy atom. The van der Waals surface area contributed by atoms with Crippen LogP contribution < -0.4 is 10.2 Å². The molecule has 1 aromatic heterocycles. The fraction of sp³-hybridized carbons (Fsp3) is 0.812. The van der Waals surface area contributed by atoms with Gasteiger partial charge < -0.3 is 10.2 Å². The highest BCUT2D eigenvalue weighted by Gasteiger charge is 2.32. The van der Waals surface area contributed by atoms with Crippen molar-refractivity contribution < 1.29 is 0 Å². The van der Waals surface area contributed by atoms with E-state index < -0.39 is 0 Å². The molecule has 1 aliphatic heterocycles. The number of thiazole rings is 1. The van der Waals surface area contributed by atoms with Crippen molar-refractivity contribution >= 4 is 16.5 Å². The van der Waals surface area contributed by atoms with Gasteiger partial charge in [-0.3, -0.25) is 0 Å². The number of rotatable bonds is 4. The highest BCUT2D eigenvalue weighted by Crippen LogP contribution is 2.38. The summed E-state index contributed by atoms with van der Waals surface area (Å²) in [5, 5.41) is 4.72. The van der Waals surface area contributed by atoms with Gasteiger partial charge in [0.15, 0.2) is 5.13 Å². The van der Waals surface area contributed by atoms with Crippen LogP contribution >= 0.6 is 11.3 Å². The fourth-order valence-corrected chi connectivity index (χ4v) is 4.78. The Kier molecular flexibility index (Phi) is 4.61. The van der Waals surface area contributed by atoms with E-state index in [4.69, 9.17) is 0 Å². The largest absolute Gasteiger partial charge is 0.348 e. The van der Waals surface area contributed by atoms with Gasteiger partial charge in [0.05, 0.1) is 0 Å². The molecule has 0 bridgehead atoms. The lowest BCUT2D eigenvalue weighted by Gasteiger charge is -2.41. The number of hydrogen-bond acceptors (Lipinski definition) is 4. The average Bonchev–Trinajstić information content (AvgIpc) is 2.97. The Bertz CT molecular complexity index is 431. The molecule has 112 valence electrons. The molecule has 1 saturated carbocycles. The van der Waals surface area contributed by atoms with Gasteiger partial charge in [0, 0.05) is 30.2 Å². The summed E-state index contributed by atoms with van der Waals surface area (Å²) in [6, 6.07) is 0.429. The first-order chi connectivity index (χ1) is 9.78. The van der Waals surface area contributed by atoms with Crippen LogP contribution in [0.2, 0.25) is 0 Å². The molecule has 3 unspecified atom stereocenters. The summed E-state index contributed by atoms with van der Waals surface area (Å²) < 4.78 is 0. The van der Waals surface area contributed by atoms with Crippen LogP contribution in [0.5, 0.6) is 0 Å². The van der Waals surface area contributed by atoms with Crippen LogP contribution in [-0.2, 0) is 0 Å². The van der Waals surface area contributed by atoms with Gasteiger partial charge in [-0.25, -0.2) is 4.98 Å². The van der Waals surface area contributed by atoms with Crippen molar-refractivity contribution in [2.24, 2.45) is 11.8 Å². The molecule has 4 heteroatoms. The summed E-state index contributed by atoms with van der Waals surface area (Å²) in [5.74, 6) is 1.93. The van der Waals surface area contributed by atoms with Crippen LogP contribution in [0.15, 0.2) is 6.20 Å². The molecular formula is C16H27N3S. The van der Waals surface area contributed by atoms with E-state index in [1.165, 1.54) is 55.2 Å². The highest BCUT2D eigenvalue weighted by atomic mass is 32.1. The standard InChI is InChI=1S/C16H27N3S/c1-3-17-12(2)15-10-18-16(20-15)19-9-8-13-6-4-5-7-14(13)11-19/h10,12-14,17H,3-9,11H2,1-2H3. The molecule has 1 aliphatic carbocycles. The zero-order valence-electron chi connectivity index (χ0n) is 12.8. The van der Waals surface area contributed by atoms with E-state index in [9.17, 15) is 0 Å². The Labute approximate surface area is 126 Å². The minimum atomic E-state index is 0.429. The molecule has 0 spiro atoms. The van der Waals surface area contributed by atoms with Crippen LogP contribution in [-0.4, -0.2) is 24.6 Å². The maximum atomic E-state index is 4.69. The molecule has 0 aromatic carbocycles. The molecule has 2 aliphatic rings. The highest BCUT2D eigenvalue weighted by molar-refractivity contribution is 7.15. The Morgan fingerprint density at radius 2 is 2.15 bits per heavy atom. The minimum absolute atomic E-state index is 0.429. The van der Waals surface area contributed by atoms with E-state index in [-0.39, 0.29) is 0 Å². The molecule has 1 N–H and O–H groups in total. The Hall–Kier alpha value is -0.610. The number of aromatic nitrogens is 1. The summed E-state index contributed by atoms with van der Waals surface area (Å²) in [4.78, 5) is 8.59. The number of hydrogen-bond donors (Lipinski definition) is 1. The average molecular weight is 293 g/mol. The molecule has 20 heavy (non-hydrogen) atoms. The van der Waals surface area contributed by atoms with Crippen LogP contribution in [0, 0.1) is 11.8 Å². The van der Waals surface area contributed by atoms with Crippen molar-refractivity contribution in [3.63, 3.8) is 0 Å².